The molecular weight excluding hydrogens is 224 g/mol. The number of rotatable bonds is 4. The monoisotopic (exact) mass is 240 g/mol. The first-order chi connectivity index (χ1) is 7.78. The smallest absolute Gasteiger partial charge is 0.186 e. The van der Waals surface area contributed by atoms with Crippen LogP contribution in [-0.4, -0.2) is 37.6 Å². The molecule has 1 aliphatic rings. The van der Waals surface area contributed by atoms with Crippen molar-refractivity contribution in [2.24, 2.45) is 0 Å². The van der Waals surface area contributed by atoms with E-state index in [1.165, 1.54) is 11.3 Å². The van der Waals surface area contributed by atoms with Crippen LogP contribution in [0.3, 0.4) is 0 Å². The van der Waals surface area contributed by atoms with Crippen LogP contribution in [0.25, 0.3) is 0 Å². The molecule has 2 rings (SSSR count). The average molecular weight is 240 g/mol. The molecule has 1 unspecified atom stereocenters. The molecule has 0 bridgehead atoms. The summed E-state index contributed by atoms with van der Waals surface area (Å²) in [6.07, 6.45) is 3.05. The van der Waals surface area contributed by atoms with E-state index in [-0.39, 0.29) is 0 Å². The van der Waals surface area contributed by atoms with Gasteiger partial charge in [-0.1, -0.05) is 18.3 Å². The maximum absolute atomic E-state index is 10.9. The third kappa shape index (κ3) is 2.10. The van der Waals surface area contributed by atoms with Crippen molar-refractivity contribution in [2.45, 2.75) is 25.9 Å². The number of aromatic nitrogens is 1. The molecular formula is C11H16N2O2S. The van der Waals surface area contributed by atoms with Gasteiger partial charge in [0.25, 0.3) is 0 Å². The van der Waals surface area contributed by atoms with E-state index in [0.29, 0.717) is 6.10 Å². The number of thiazole rings is 1. The number of methoxy groups -OCH3 is 1. The fourth-order valence-electron chi connectivity index (χ4n) is 1.93. The largest absolute Gasteiger partial charge is 0.380 e. The van der Waals surface area contributed by atoms with E-state index >= 15 is 0 Å². The predicted octanol–water partition coefficient (Wildman–Crippen LogP) is 1.74. The van der Waals surface area contributed by atoms with Gasteiger partial charge in [0.05, 0.1) is 16.7 Å². The maximum atomic E-state index is 10.9. The Kier molecular flexibility index (Phi) is 3.56. The third-order valence-electron chi connectivity index (χ3n) is 2.91. The van der Waals surface area contributed by atoms with Gasteiger partial charge in [0.2, 0.25) is 0 Å². The highest BCUT2D eigenvalue weighted by atomic mass is 32.1. The first-order valence-corrected chi connectivity index (χ1v) is 6.32. The molecule has 1 atom stereocenters. The molecule has 1 aromatic rings. The highest BCUT2D eigenvalue weighted by Crippen LogP contribution is 2.28. The molecule has 5 heteroatoms. The molecule has 0 aliphatic carbocycles. The summed E-state index contributed by atoms with van der Waals surface area (Å²) in [4.78, 5) is 18.3. The van der Waals surface area contributed by atoms with E-state index in [0.717, 1.165) is 47.9 Å². The first kappa shape index (κ1) is 11.5. The zero-order valence-electron chi connectivity index (χ0n) is 9.60. The molecule has 0 N–H and O–H groups in total. The number of aldehydes is 1. The normalized spacial score (nSPS) is 20.4. The third-order valence-corrected chi connectivity index (χ3v) is 3.99. The van der Waals surface area contributed by atoms with Gasteiger partial charge in [0, 0.05) is 20.2 Å². The van der Waals surface area contributed by atoms with Crippen LogP contribution < -0.4 is 4.90 Å². The van der Waals surface area contributed by atoms with Crippen LogP contribution in [0.4, 0.5) is 5.13 Å². The summed E-state index contributed by atoms with van der Waals surface area (Å²) in [6, 6.07) is 0. The summed E-state index contributed by atoms with van der Waals surface area (Å²) in [5.74, 6) is 0. The van der Waals surface area contributed by atoms with E-state index in [2.05, 4.69) is 9.88 Å². The second-order valence-electron chi connectivity index (χ2n) is 3.87. The number of ether oxygens (including phenoxy) is 1. The van der Waals surface area contributed by atoms with E-state index in [4.69, 9.17) is 4.74 Å². The number of carbonyl (C=O) groups excluding carboxylic acids is 1. The van der Waals surface area contributed by atoms with Gasteiger partial charge < -0.3 is 9.64 Å². The Bertz CT molecular complexity index is 378. The van der Waals surface area contributed by atoms with Gasteiger partial charge in [-0.25, -0.2) is 4.98 Å². The lowest BCUT2D eigenvalue weighted by atomic mass is 10.3. The Morgan fingerprint density at radius 1 is 1.69 bits per heavy atom. The summed E-state index contributed by atoms with van der Waals surface area (Å²) >= 11 is 1.49. The number of carbonyl (C=O) groups is 1. The molecule has 1 aliphatic heterocycles. The van der Waals surface area contributed by atoms with E-state index in [9.17, 15) is 4.79 Å². The SMILES string of the molecule is CCc1nc(N2CCC(OC)C2)sc1C=O. The Labute approximate surface area is 99.2 Å². The lowest BCUT2D eigenvalue weighted by molar-refractivity contribution is 0.112. The minimum Gasteiger partial charge on any atom is -0.380 e. The summed E-state index contributed by atoms with van der Waals surface area (Å²) in [7, 11) is 1.74. The van der Waals surface area contributed by atoms with Crippen LogP contribution in [0.5, 0.6) is 0 Å². The van der Waals surface area contributed by atoms with Crippen molar-refractivity contribution < 1.29 is 9.53 Å². The van der Waals surface area contributed by atoms with Gasteiger partial charge in [0.15, 0.2) is 11.4 Å². The summed E-state index contributed by atoms with van der Waals surface area (Å²) in [6.45, 7) is 3.87. The van der Waals surface area contributed by atoms with Crippen LogP contribution in [0, 0.1) is 0 Å². The summed E-state index contributed by atoms with van der Waals surface area (Å²) in [5, 5.41) is 0.957. The molecule has 0 radical (unpaired) electrons. The molecule has 88 valence electrons. The second-order valence-corrected chi connectivity index (χ2v) is 4.88. The van der Waals surface area contributed by atoms with Gasteiger partial charge in [-0.05, 0) is 12.8 Å². The average Bonchev–Trinajstić information content (AvgIpc) is 2.94. The van der Waals surface area contributed by atoms with Crippen molar-refractivity contribution >= 4 is 22.8 Å². The Balaban J connectivity index is 2.15. The standard InChI is InChI=1S/C11H16N2O2S/c1-3-9-10(7-14)16-11(12-9)13-5-4-8(6-13)15-2/h7-8H,3-6H2,1-2H3. The van der Waals surface area contributed by atoms with E-state index in [1.807, 2.05) is 6.92 Å². The number of aryl methyl sites for hydroxylation is 1. The van der Waals surface area contributed by atoms with Gasteiger partial charge >= 0.3 is 0 Å². The Morgan fingerprint density at radius 2 is 2.50 bits per heavy atom. The zero-order valence-corrected chi connectivity index (χ0v) is 10.4. The van der Waals surface area contributed by atoms with Crippen LogP contribution in [0.15, 0.2) is 0 Å². The Morgan fingerprint density at radius 3 is 3.00 bits per heavy atom. The van der Waals surface area contributed by atoms with Gasteiger partial charge in [-0.15, -0.1) is 0 Å². The van der Waals surface area contributed by atoms with Crippen molar-refractivity contribution in [2.75, 3.05) is 25.1 Å². The first-order valence-electron chi connectivity index (χ1n) is 5.51. The van der Waals surface area contributed by atoms with Crippen molar-refractivity contribution in [3.63, 3.8) is 0 Å². The number of anilines is 1. The van der Waals surface area contributed by atoms with Crippen molar-refractivity contribution in [1.82, 2.24) is 4.98 Å². The van der Waals surface area contributed by atoms with E-state index < -0.39 is 0 Å². The number of nitrogens with zero attached hydrogens (tertiary/aromatic N) is 2. The Hall–Kier alpha value is -0.940. The van der Waals surface area contributed by atoms with Gasteiger partial charge in [-0.3, -0.25) is 4.79 Å². The zero-order chi connectivity index (χ0) is 11.5. The molecule has 0 spiro atoms. The van der Waals surface area contributed by atoms with Gasteiger partial charge in [0.1, 0.15) is 0 Å². The molecule has 0 aromatic carbocycles. The van der Waals surface area contributed by atoms with Crippen LogP contribution in [0.1, 0.15) is 28.7 Å². The summed E-state index contributed by atoms with van der Waals surface area (Å²) in [5.41, 5.74) is 0.913. The molecule has 16 heavy (non-hydrogen) atoms. The molecule has 0 amide bonds. The van der Waals surface area contributed by atoms with Crippen molar-refractivity contribution in [3.05, 3.63) is 10.6 Å². The van der Waals surface area contributed by atoms with Crippen molar-refractivity contribution in [3.8, 4) is 0 Å². The number of hydrogen-bond donors (Lipinski definition) is 0. The fourth-order valence-corrected chi connectivity index (χ4v) is 2.93. The minimum atomic E-state index is 0.300. The van der Waals surface area contributed by atoms with Crippen LogP contribution in [-0.2, 0) is 11.2 Å². The molecule has 0 saturated carbocycles. The molecule has 1 saturated heterocycles. The molecule has 4 nitrogen and oxygen atoms in total. The van der Waals surface area contributed by atoms with E-state index in [1.54, 1.807) is 7.11 Å². The molecule has 1 fully saturated rings. The highest BCUT2D eigenvalue weighted by molar-refractivity contribution is 7.17. The highest BCUT2D eigenvalue weighted by Gasteiger charge is 2.25. The molecule has 1 aromatic heterocycles. The lowest BCUT2D eigenvalue weighted by Gasteiger charge is -2.13. The lowest BCUT2D eigenvalue weighted by Crippen LogP contribution is -2.21. The predicted molar refractivity (Wildman–Crippen MR) is 64.5 cm³/mol. The van der Waals surface area contributed by atoms with Gasteiger partial charge in [-0.2, -0.15) is 0 Å². The van der Waals surface area contributed by atoms with Crippen LogP contribution >= 0.6 is 11.3 Å². The van der Waals surface area contributed by atoms with Crippen LogP contribution in [0.2, 0.25) is 0 Å². The second kappa shape index (κ2) is 4.93. The van der Waals surface area contributed by atoms with Crippen molar-refractivity contribution in [1.29, 1.82) is 0 Å². The maximum Gasteiger partial charge on any atom is 0.186 e. The minimum absolute atomic E-state index is 0.300. The molecule has 2 heterocycles. The fraction of sp³-hybridized carbons (Fsp3) is 0.636. The summed E-state index contributed by atoms with van der Waals surface area (Å²) < 4.78 is 5.32. The quantitative estimate of drug-likeness (QED) is 0.752. The number of hydrogen-bond acceptors (Lipinski definition) is 5. The topological polar surface area (TPSA) is 42.4 Å².